The van der Waals surface area contributed by atoms with Gasteiger partial charge in [0.25, 0.3) is 0 Å². The van der Waals surface area contributed by atoms with Crippen LogP contribution in [0.25, 0.3) is 0 Å². The number of anilines is 1. The molecular weight excluding hydrogens is 246 g/mol. The second-order valence-corrected chi connectivity index (χ2v) is 6.22. The second-order valence-electron chi connectivity index (χ2n) is 6.22. The fourth-order valence-corrected chi connectivity index (χ4v) is 4.11. The fraction of sp³-hybridized carbons (Fsp3) is 0.611. The molecule has 3 rings (SSSR count). The first-order valence-electron chi connectivity index (χ1n) is 8.16. The highest BCUT2D eigenvalue weighted by Crippen LogP contribution is 2.45. The van der Waals surface area contributed by atoms with E-state index in [1.54, 1.807) is 0 Å². The van der Waals surface area contributed by atoms with Crippen LogP contribution >= 0.6 is 0 Å². The van der Waals surface area contributed by atoms with Gasteiger partial charge in [0.15, 0.2) is 5.78 Å². The quantitative estimate of drug-likeness (QED) is 0.812. The molecule has 1 aromatic rings. The van der Waals surface area contributed by atoms with Crippen molar-refractivity contribution in [3.05, 3.63) is 29.3 Å². The maximum absolute atomic E-state index is 12.3. The first kappa shape index (κ1) is 13.7. The van der Waals surface area contributed by atoms with E-state index in [2.05, 4.69) is 36.9 Å². The summed E-state index contributed by atoms with van der Waals surface area (Å²) in [6.45, 7) is 6.43. The molecule has 2 unspecified atom stereocenters. The Bertz CT molecular complexity index is 504. The van der Waals surface area contributed by atoms with Gasteiger partial charge in [-0.15, -0.1) is 0 Å². The number of hydrogen-bond donors (Lipinski definition) is 0. The van der Waals surface area contributed by atoms with E-state index in [4.69, 9.17) is 0 Å². The summed E-state index contributed by atoms with van der Waals surface area (Å²) in [5.41, 5.74) is 3.63. The molecule has 1 aromatic carbocycles. The first-order valence-corrected chi connectivity index (χ1v) is 8.16. The van der Waals surface area contributed by atoms with E-state index in [9.17, 15) is 4.79 Å². The van der Waals surface area contributed by atoms with Crippen LogP contribution in [0.15, 0.2) is 18.2 Å². The number of hydrogen-bond acceptors (Lipinski definition) is 2. The molecule has 2 aliphatic carbocycles. The SMILES string of the molecule is CCN(CC)c1ccc2c(c1)C1CCCCC1CC2=O. The number of carbonyl (C=O) groups excluding carboxylic acids is 1. The van der Waals surface area contributed by atoms with Crippen LogP contribution in [0, 0.1) is 5.92 Å². The third kappa shape index (κ3) is 2.25. The van der Waals surface area contributed by atoms with Gasteiger partial charge in [-0.05, 0) is 62.3 Å². The van der Waals surface area contributed by atoms with Gasteiger partial charge in [-0.1, -0.05) is 12.8 Å². The summed E-state index contributed by atoms with van der Waals surface area (Å²) in [4.78, 5) is 14.7. The van der Waals surface area contributed by atoms with Gasteiger partial charge in [-0.3, -0.25) is 4.79 Å². The van der Waals surface area contributed by atoms with Crippen LogP contribution in [0.2, 0.25) is 0 Å². The average molecular weight is 271 g/mol. The van der Waals surface area contributed by atoms with Gasteiger partial charge in [-0.2, -0.15) is 0 Å². The molecule has 0 aliphatic heterocycles. The maximum Gasteiger partial charge on any atom is 0.163 e. The molecule has 0 bridgehead atoms. The lowest BCUT2D eigenvalue weighted by Crippen LogP contribution is -2.29. The number of carbonyl (C=O) groups is 1. The zero-order chi connectivity index (χ0) is 14.1. The zero-order valence-corrected chi connectivity index (χ0v) is 12.7. The third-order valence-corrected chi connectivity index (χ3v) is 5.22. The average Bonchev–Trinajstić information content (AvgIpc) is 2.49. The van der Waals surface area contributed by atoms with E-state index in [0.717, 1.165) is 25.1 Å². The van der Waals surface area contributed by atoms with Crippen molar-refractivity contribution in [1.29, 1.82) is 0 Å². The van der Waals surface area contributed by atoms with Crippen molar-refractivity contribution in [2.24, 2.45) is 5.92 Å². The highest BCUT2D eigenvalue weighted by molar-refractivity contribution is 5.99. The van der Waals surface area contributed by atoms with Crippen molar-refractivity contribution in [3.63, 3.8) is 0 Å². The molecule has 0 radical (unpaired) electrons. The lowest BCUT2D eigenvalue weighted by molar-refractivity contribution is 0.0919. The molecule has 20 heavy (non-hydrogen) atoms. The Morgan fingerprint density at radius 2 is 1.90 bits per heavy atom. The minimum Gasteiger partial charge on any atom is -0.372 e. The highest BCUT2D eigenvalue weighted by Gasteiger charge is 2.35. The predicted octanol–water partition coefficient (Wildman–Crippen LogP) is 4.39. The van der Waals surface area contributed by atoms with Gasteiger partial charge < -0.3 is 4.90 Å². The Labute approximate surface area is 122 Å². The molecule has 2 nitrogen and oxygen atoms in total. The molecule has 1 saturated carbocycles. The molecule has 0 aromatic heterocycles. The van der Waals surface area contributed by atoms with Crippen molar-refractivity contribution in [1.82, 2.24) is 0 Å². The van der Waals surface area contributed by atoms with E-state index in [-0.39, 0.29) is 0 Å². The van der Waals surface area contributed by atoms with Crippen molar-refractivity contribution in [3.8, 4) is 0 Å². The Balaban J connectivity index is 2.01. The van der Waals surface area contributed by atoms with Crippen LogP contribution in [-0.4, -0.2) is 18.9 Å². The molecule has 2 aliphatic rings. The summed E-state index contributed by atoms with van der Waals surface area (Å²) in [6, 6.07) is 6.52. The summed E-state index contributed by atoms with van der Waals surface area (Å²) in [7, 11) is 0. The summed E-state index contributed by atoms with van der Waals surface area (Å²) in [5.74, 6) is 1.61. The standard InChI is InChI=1S/C18H25NO/c1-3-19(4-2)14-9-10-16-17(12-14)15-8-6-5-7-13(15)11-18(16)20/h9-10,12-13,15H,3-8,11H2,1-2H3. The van der Waals surface area contributed by atoms with E-state index >= 15 is 0 Å². The minimum atomic E-state index is 0.370. The minimum absolute atomic E-state index is 0.370. The number of Topliss-reactive ketones (excluding diaryl/α,β-unsaturated/α-hetero) is 1. The third-order valence-electron chi connectivity index (χ3n) is 5.22. The predicted molar refractivity (Wildman–Crippen MR) is 83.6 cm³/mol. The van der Waals surface area contributed by atoms with Gasteiger partial charge in [0, 0.05) is 30.8 Å². The van der Waals surface area contributed by atoms with Gasteiger partial charge >= 0.3 is 0 Å². The van der Waals surface area contributed by atoms with Crippen LogP contribution < -0.4 is 4.90 Å². The van der Waals surface area contributed by atoms with Crippen LogP contribution in [0.3, 0.4) is 0 Å². The summed E-state index contributed by atoms with van der Waals surface area (Å²) < 4.78 is 0. The monoisotopic (exact) mass is 271 g/mol. The Morgan fingerprint density at radius 1 is 1.15 bits per heavy atom. The lowest BCUT2D eigenvalue weighted by Gasteiger charge is -2.37. The summed E-state index contributed by atoms with van der Waals surface area (Å²) >= 11 is 0. The van der Waals surface area contributed by atoms with Gasteiger partial charge in [0.05, 0.1) is 0 Å². The first-order chi connectivity index (χ1) is 9.74. The fourth-order valence-electron chi connectivity index (χ4n) is 4.11. The van der Waals surface area contributed by atoms with Gasteiger partial charge in [0.2, 0.25) is 0 Å². The number of fused-ring (bicyclic) bond motifs is 3. The second kappa shape index (κ2) is 5.59. The zero-order valence-electron chi connectivity index (χ0n) is 12.7. The van der Waals surface area contributed by atoms with E-state index in [0.29, 0.717) is 17.6 Å². The van der Waals surface area contributed by atoms with Crippen LogP contribution in [0.4, 0.5) is 5.69 Å². The number of nitrogens with zero attached hydrogens (tertiary/aromatic N) is 1. The van der Waals surface area contributed by atoms with Crippen molar-refractivity contribution in [2.45, 2.75) is 51.9 Å². The van der Waals surface area contributed by atoms with Crippen molar-refractivity contribution < 1.29 is 4.79 Å². The molecular formula is C18H25NO. The van der Waals surface area contributed by atoms with Crippen molar-refractivity contribution >= 4 is 11.5 Å². The number of rotatable bonds is 3. The molecule has 0 amide bonds. The highest BCUT2D eigenvalue weighted by atomic mass is 16.1. The Kier molecular flexibility index (Phi) is 3.82. The van der Waals surface area contributed by atoms with Gasteiger partial charge in [-0.25, -0.2) is 0 Å². The molecule has 0 saturated heterocycles. The maximum atomic E-state index is 12.3. The van der Waals surface area contributed by atoms with Crippen LogP contribution in [-0.2, 0) is 0 Å². The normalized spacial score (nSPS) is 25.0. The lowest BCUT2D eigenvalue weighted by atomic mass is 9.67. The summed E-state index contributed by atoms with van der Waals surface area (Å²) in [5, 5.41) is 0. The van der Waals surface area contributed by atoms with Crippen molar-refractivity contribution in [2.75, 3.05) is 18.0 Å². The Hall–Kier alpha value is -1.31. The number of benzene rings is 1. The van der Waals surface area contributed by atoms with Crippen LogP contribution in [0.5, 0.6) is 0 Å². The Morgan fingerprint density at radius 3 is 2.65 bits per heavy atom. The molecule has 2 atom stereocenters. The van der Waals surface area contributed by atoms with E-state index < -0.39 is 0 Å². The smallest absolute Gasteiger partial charge is 0.163 e. The molecule has 0 N–H and O–H groups in total. The number of ketones is 1. The van der Waals surface area contributed by atoms with E-state index in [1.165, 1.54) is 36.9 Å². The van der Waals surface area contributed by atoms with Gasteiger partial charge in [0.1, 0.15) is 0 Å². The molecule has 1 fully saturated rings. The molecule has 2 heteroatoms. The van der Waals surface area contributed by atoms with Crippen LogP contribution in [0.1, 0.15) is 67.8 Å². The topological polar surface area (TPSA) is 20.3 Å². The largest absolute Gasteiger partial charge is 0.372 e. The summed E-state index contributed by atoms with van der Waals surface area (Å²) in [6.07, 6.45) is 5.92. The molecule has 108 valence electrons. The molecule has 0 heterocycles. The van der Waals surface area contributed by atoms with E-state index in [1.807, 2.05) is 0 Å². The molecule has 0 spiro atoms.